The number of benzene rings is 1. The highest BCUT2D eigenvalue weighted by atomic mass is 16.4. The normalized spacial score (nSPS) is 12.1. The van der Waals surface area contributed by atoms with Crippen molar-refractivity contribution in [1.82, 2.24) is 0 Å². The summed E-state index contributed by atoms with van der Waals surface area (Å²) >= 11 is 0. The van der Waals surface area contributed by atoms with Crippen molar-refractivity contribution >= 4 is 11.8 Å². The third-order valence-electron chi connectivity index (χ3n) is 3.02. The maximum atomic E-state index is 12.1. The molecule has 1 N–H and O–H groups in total. The number of carbonyl (C=O) groups excluding carboxylic acids is 1. The molecule has 1 unspecified atom stereocenters. The van der Waals surface area contributed by atoms with Gasteiger partial charge in [0.25, 0.3) is 0 Å². The van der Waals surface area contributed by atoms with Crippen LogP contribution < -0.4 is 0 Å². The van der Waals surface area contributed by atoms with Crippen molar-refractivity contribution < 1.29 is 14.7 Å². The molecule has 3 nitrogen and oxygen atoms in total. The van der Waals surface area contributed by atoms with Crippen LogP contribution in [0.4, 0.5) is 0 Å². The minimum absolute atomic E-state index is 0.278. The Morgan fingerprint density at radius 2 is 1.78 bits per heavy atom. The molecule has 0 aliphatic heterocycles. The molecule has 1 aromatic carbocycles. The largest absolute Gasteiger partial charge is 0.481 e. The van der Waals surface area contributed by atoms with E-state index in [9.17, 15) is 9.59 Å². The average Bonchev–Trinajstić information content (AvgIpc) is 2.39. The lowest BCUT2D eigenvalue weighted by atomic mass is 9.92. The molecular weight excluding hydrogens is 228 g/mol. The van der Waals surface area contributed by atoms with Gasteiger partial charge in [-0.25, -0.2) is 0 Å². The van der Waals surface area contributed by atoms with Gasteiger partial charge in [0.1, 0.15) is 5.92 Å². The molecule has 0 amide bonds. The number of hydrogen-bond donors (Lipinski definition) is 1. The topological polar surface area (TPSA) is 54.4 Å². The monoisotopic (exact) mass is 248 g/mol. The van der Waals surface area contributed by atoms with E-state index in [1.54, 1.807) is 24.3 Å². The van der Waals surface area contributed by atoms with Gasteiger partial charge in [-0.2, -0.15) is 0 Å². The molecule has 0 aromatic heterocycles. The molecule has 0 radical (unpaired) electrons. The van der Waals surface area contributed by atoms with Crippen molar-refractivity contribution in [3.8, 4) is 0 Å². The van der Waals surface area contributed by atoms with Crippen LogP contribution in [0.1, 0.15) is 49.4 Å². The van der Waals surface area contributed by atoms with Crippen molar-refractivity contribution in [3.05, 3.63) is 35.9 Å². The summed E-state index contributed by atoms with van der Waals surface area (Å²) in [6, 6.07) is 8.66. The first kappa shape index (κ1) is 14.4. The van der Waals surface area contributed by atoms with Crippen molar-refractivity contribution in [2.75, 3.05) is 0 Å². The molecule has 0 saturated carbocycles. The Kier molecular flexibility index (Phi) is 6.12. The van der Waals surface area contributed by atoms with Gasteiger partial charge >= 0.3 is 5.97 Å². The van der Waals surface area contributed by atoms with Crippen molar-refractivity contribution in [3.63, 3.8) is 0 Å². The van der Waals surface area contributed by atoms with E-state index in [0.29, 0.717) is 12.0 Å². The first-order valence-electron chi connectivity index (χ1n) is 6.49. The van der Waals surface area contributed by atoms with E-state index in [0.717, 1.165) is 25.7 Å². The molecule has 1 rings (SSSR count). The lowest BCUT2D eigenvalue weighted by Gasteiger charge is -2.11. The third kappa shape index (κ3) is 4.32. The standard InChI is InChI=1S/C15H20O3/c1-2-3-4-8-11-13(15(17)18)14(16)12-9-6-5-7-10-12/h5-7,9-10,13H,2-4,8,11H2,1H3,(H,17,18). The summed E-state index contributed by atoms with van der Waals surface area (Å²) in [5.74, 6) is -2.19. The molecule has 98 valence electrons. The average molecular weight is 248 g/mol. The lowest BCUT2D eigenvalue weighted by Crippen LogP contribution is -2.23. The van der Waals surface area contributed by atoms with Crippen LogP contribution in [-0.2, 0) is 4.79 Å². The number of carbonyl (C=O) groups is 2. The minimum atomic E-state index is -1.01. The molecular formula is C15H20O3. The van der Waals surface area contributed by atoms with Gasteiger partial charge in [-0.15, -0.1) is 0 Å². The Bertz CT molecular complexity index is 384. The van der Waals surface area contributed by atoms with E-state index in [1.807, 2.05) is 6.07 Å². The number of rotatable bonds is 8. The third-order valence-corrected chi connectivity index (χ3v) is 3.02. The van der Waals surface area contributed by atoms with E-state index in [2.05, 4.69) is 6.92 Å². The molecule has 0 aliphatic rings. The Morgan fingerprint density at radius 3 is 2.33 bits per heavy atom. The second-order valence-electron chi connectivity index (χ2n) is 4.47. The van der Waals surface area contributed by atoms with Crippen LogP contribution in [0.25, 0.3) is 0 Å². The van der Waals surface area contributed by atoms with Gasteiger partial charge in [0.05, 0.1) is 0 Å². The summed E-state index contributed by atoms with van der Waals surface area (Å²) in [7, 11) is 0. The van der Waals surface area contributed by atoms with Gasteiger partial charge in [-0.1, -0.05) is 62.9 Å². The maximum absolute atomic E-state index is 12.1. The number of carboxylic acid groups (broad SMARTS) is 1. The van der Waals surface area contributed by atoms with Crippen LogP contribution in [0.15, 0.2) is 30.3 Å². The Morgan fingerprint density at radius 1 is 1.11 bits per heavy atom. The summed E-state index contributed by atoms with van der Waals surface area (Å²) in [5.41, 5.74) is 0.486. The summed E-state index contributed by atoms with van der Waals surface area (Å²) < 4.78 is 0. The fourth-order valence-electron chi connectivity index (χ4n) is 1.95. The Balaban J connectivity index is 2.62. The van der Waals surface area contributed by atoms with Gasteiger partial charge in [0, 0.05) is 5.56 Å². The maximum Gasteiger partial charge on any atom is 0.314 e. The molecule has 0 aliphatic carbocycles. The number of Topliss-reactive ketones (excluding diaryl/α,β-unsaturated/α-hetero) is 1. The molecule has 1 atom stereocenters. The first-order valence-corrected chi connectivity index (χ1v) is 6.49. The number of unbranched alkanes of at least 4 members (excludes halogenated alkanes) is 3. The van der Waals surface area contributed by atoms with Crippen LogP contribution in [0.5, 0.6) is 0 Å². The quantitative estimate of drug-likeness (QED) is 0.435. The fraction of sp³-hybridized carbons (Fsp3) is 0.467. The van der Waals surface area contributed by atoms with Crippen LogP contribution in [0.3, 0.4) is 0 Å². The second-order valence-corrected chi connectivity index (χ2v) is 4.47. The van der Waals surface area contributed by atoms with E-state index in [1.165, 1.54) is 0 Å². The van der Waals surface area contributed by atoms with Crippen molar-refractivity contribution in [2.24, 2.45) is 5.92 Å². The molecule has 0 spiro atoms. The van der Waals surface area contributed by atoms with Gasteiger partial charge in [0.2, 0.25) is 0 Å². The van der Waals surface area contributed by atoms with Gasteiger partial charge in [-0.3, -0.25) is 9.59 Å². The number of ketones is 1. The zero-order valence-electron chi connectivity index (χ0n) is 10.8. The van der Waals surface area contributed by atoms with Crippen LogP contribution in [-0.4, -0.2) is 16.9 Å². The zero-order chi connectivity index (χ0) is 13.4. The van der Waals surface area contributed by atoms with Crippen molar-refractivity contribution in [2.45, 2.75) is 39.0 Å². The predicted molar refractivity (Wildman–Crippen MR) is 70.7 cm³/mol. The molecule has 0 fully saturated rings. The summed E-state index contributed by atoms with van der Waals surface area (Å²) in [6.07, 6.45) is 4.41. The molecule has 3 heteroatoms. The fourth-order valence-corrected chi connectivity index (χ4v) is 1.95. The van der Waals surface area contributed by atoms with Gasteiger partial charge in [-0.05, 0) is 6.42 Å². The molecule has 0 heterocycles. The second kappa shape index (κ2) is 7.64. The van der Waals surface area contributed by atoms with Crippen LogP contribution >= 0.6 is 0 Å². The number of hydrogen-bond acceptors (Lipinski definition) is 2. The van der Waals surface area contributed by atoms with Crippen LogP contribution in [0, 0.1) is 5.92 Å². The van der Waals surface area contributed by atoms with E-state index < -0.39 is 11.9 Å². The zero-order valence-corrected chi connectivity index (χ0v) is 10.8. The summed E-state index contributed by atoms with van der Waals surface area (Å²) in [5, 5.41) is 9.14. The van der Waals surface area contributed by atoms with Crippen LogP contribution in [0.2, 0.25) is 0 Å². The highest BCUT2D eigenvalue weighted by Gasteiger charge is 2.26. The predicted octanol–water partition coefficient (Wildman–Crippen LogP) is 3.54. The van der Waals surface area contributed by atoms with E-state index >= 15 is 0 Å². The minimum Gasteiger partial charge on any atom is -0.481 e. The van der Waals surface area contributed by atoms with E-state index in [4.69, 9.17) is 5.11 Å². The Labute approximate surface area is 108 Å². The SMILES string of the molecule is CCCCCCC(C(=O)O)C(=O)c1ccccc1. The van der Waals surface area contributed by atoms with E-state index in [-0.39, 0.29) is 5.78 Å². The van der Waals surface area contributed by atoms with Gasteiger partial charge in [0.15, 0.2) is 5.78 Å². The molecule has 0 bridgehead atoms. The number of carboxylic acids is 1. The summed E-state index contributed by atoms with van der Waals surface area (Å²) in [4.78, 5) is 23.2. The highest BCUT2D eigenvalue weighted by molar-refractivity contribution is 6.08. The first-order chi connectivity index (χ1) is 8.66. The molecule has 0 saturated heterocycles. The highest BCUT2D eigenvalue weighted by Crippen LogP contribution is 2.17. The van der Waals surface area contributed by atoms with Gasteiger partial charge < -0.3 is 5.11 Å². The number of aliphatic carboxylic acids is 1. The lowest BCUT2D eigenvalue weighted by molar-refractivity contribution is -0.140. The van der Waals surface area contributed by atoms with Crippen molar-refractivity contribution in [1.29, 1.82) is 0 Å². The Hall–Kier alpha value is -1.64. The molecule has 1 aromatic rings. The summed E-state index contributed by atoms with van der Waals surface area (Å²) in [6.45, 7) is 2.10. The smallest absolute Gasteiger partial charge is 0.314 e. The molecule has 18 heavy (non-hydrogen) atoms.